The van der Waals surface area contributed by atoms with E-state index in [1.807, 2.05) is 6.07 Å². The molecule has 0 saturated heterocycles. The third-order valence-electron chi connectivity index (χ3n) is 3.79. The highest BCUT2D eigenvalue weighted by Gasteiger charge is 2.23. The smallest absolute Gasteiger partial charge is 0.119 e. The van der Waals surface area contributed by atoms with Crippen LogP contribution in [-0.4, -0.2) is 18.4 Å². The molecule has 2 rings (SSSR count). The Kier molecular flexibility index (Phi) is 5.59. The van der Waals surface area contributed by atoms with Gasteiger partial charge in [-0.1, -0.05) is 31.4 Å². The van der Waals surface area contributed by atoms with Crippen LogP contribution in [0.15, 0.2) is 24.3 Å². The van der Waals surface area contributed by atoms with Crippen LogP contribution in [0, 0.1) is 0 Å². The van der Waals surface area contributed by atoms with Crippen molar-refractivity contribution in [3.63, 3.8) is 0 Å². The summed E-state index contributed by atoms with van der Waals surface area (Å²) < 4.78 is 5.32. The summed E-state index contributed by atoms with van der Waals surface area (Å²) in [7, 11) is 1.72. The van der Waals surface area contributed by atoms with Crippen molar-refractivity contribution in [3.05, 3.63) is 29.8 Å². The van der Waals surface area contributed by atoms with Crippen LogP contribution < -0.4 is 10.5 Å². The van der Waals surface area contributed by atoms with Gasteiger partial charge in [0, 0.05) is 16.5 Å². The zero-order chi connectivity index (χ0) is 13.7. The summed E-state index contributed by atoms with van der Waals surface area (Å²) in [5, 5.41) is 1.15. The second-order valence-electron chi connectivity index (χ2n) is 5.45. The van der Waals surface area contributed by atoms with E-state index >= 15 is 0 Å². The van der Waals surface area contributed by atoms with E-state index in [2.05, 4.69) is 36.9 Å². The van der Waals surface area contributed by atoms with Crippen LogP contribution in [0.3, 0.4) is 0 Å². The van der Waals surface area contributed by atoms with Crippen LogP contribution in [0.25, 0.3) is 0 Å². The maximum atomic E-state index is 6.22. The summed E-state index contributed by atoms with van der Waals surface area (Å²) in [6.07, 6.45) is 6.84. The summed E-state index contributed by atoms with van der Waals surface area (Å²) in [6.45, 7) is 2.11. The predicted molar refractivity (Wildman–Crippen MR) is 83.8 cm³/mol. The lowest BCUT2D eigenvalue weighted by atomic mass is 10.0. The second-order valence-corrected chi connectivity index (χ2v) is 6.90. The molecule has 1 aromatic rings. The maximum absolute atomic E-state index is 6.22. The Bertz CT molecular complexity index is 388. The molecule has 106 valence electrons. The fourth-order valence-electron chi connectivity index (χ4n) is 2.73. The lowest BCUT2D eigenvalue weighted by molar-refractivity contribution is 0.414. The van der Waals surface area contributed by atoms with E-state index in [-0.39, 0.29) is 6.04 Å². The fraction of sp³-hybridized carbons (Fsp3) is 0.625. The van der Waals surface area contributed by atoms with Gasteiger partial charge in [0.2, 0.25) is 0 Å². The first-order valence-electron chi connectivity index (χ1n) is 7.25. The summed E-state index contributed by atoms with van der Waals surface area (Å²) in [5.74, 6) is 0.924. The number of rotatable bonds is 5. The van der Waals surface area contributed by atoms with E-state index in [0.717, 1.165) is 11.0 Å². The Morgan fingerprint density at radius 3 is 2.63 bits per heavy atom. The normalized spacial score (nSPS) is 19.9. The maximum Gasteiger partial charge on any atom is 0.119 e. The fourth-order valence-corrected chi connectivity index (χ4v) is 4.30. The minimum absolute atomic E-state index is 0.166. The molecule has 19 heavy (non-hydrogen) atoms. The predicted octanol–water partition coefficient (Wildman–Crippen LogP) is 4.15. The standard InChI is InChI=1S/C16H25NOS/c1-12(17)16(19-15-9-4-3-5-10-15)13-7-6-8-14(11-13)18-2/h6-8,11-12,15-16H,3-5,9-10,17H2,1-2H3. The first-order valence-corrected chi connectivity index (χ1v) is 8.20. The Morgan fingerprint density at radius 2 is 2.00 bits per heavy atom. The molecule has 1 aromatic carbocycles. The summed E-state index contributed by atoms with van der Waals surface area (Å²) in [6, 6.07) is 8.52. The first-order chi connectivity index (χ1) is 9.20. The van der Waals surface area contributed by atoms with Crippen LogP contribution in [-0.2, 0) is 0 Å². The monoisotopic (exact) mass is 279 g/mol. The van der Waals surface area contributed by atoms with E-state index in [4.69, 9.17) is 10.5 Å². The van der Waals surface area contributed by atoms with Gasteiger partial charge in [-0.15, -0.1) is 11.8 Å². The van der Waals surface area contributed by atoms with Gasteiger partial charge in [-0.05, 0) is 37.5 Å². The topological polar surface area (TPSA) is 35.2 Å². The van der Waals surface area contributed by atoms with Gasteiger partial charge in [-0.2, -0.15) is 0 Å². The molecule has 0 aromatic heterocycles. The van der Waals surface area contributed by atoms with Crippen LogP contribution in [0.5, 0.6) is 5.75 Å². The Hall–Kier alpha value is -0.670. The molecule has 3 heteroatoms. The number of nitrogens with two attached hydrogens (primary N) is 1. The highest BCUT2D eigenvalue weighted by molar-refractivity contribution is 8.00. The van der Waals surface area contributed by atoms with Gasteiger partial charge in [-0.3, -0.25) is 0 Å². The average molecular weight is 279 g/mol. The largest absolute Gasteiger partial charge is 0.497 e. The molecule has 0 amide bonds. The molecule has 0 bridgehead atoms. The lowest BCUT2D eigenvalue weighted by Gasteiger charge is -2.28. The molecule has 2 N–H and O–H groups in total. The summed E-state index contributed by atoms with van der Waals surface area (Å²) in [5.41, 5.74) is 7.51. The molecule has 0 heterocycles. The average Bonchev–Trinajstić information content (AvgIpc) is 2.45. The van der Waals surface area contributed by atoms with Crippen LogP contribution in [0.2, 0.25) is 0 Å². The zero-order valence-corrected chi connectivity index (χ0v) is 12.8. The molecule has 1 aliphatic rings. The number of hydrogen-bond donors (Lipinski definition) is 1. The van der Waals surface area contributed by atoms with E-state index in [1.54, 1.807) is 7.11 Å². The molecule has 0 aliphatic heterocycles. The zero-order valence-electron chi connectivity index (χ0n) is 12.0. The van der Waals surface area contributed by atoms with Gasteiger partial charge in [0.25, 0.3) is 0 Å². The molecule has 2 unspecified atom stereocenters. The molecular formula is C16H25NOS. The first kappa shape index (κ1) is 14.7. The van der Waals surface area contributed by atoms with Crippen molar-refractivity contribution in [2.45, 2.75) is 55.6 Å². The van der Waals surface area contributed by atoms with Gasteiger partial charge >= 0.3 is 0 Å². The quantitative estimate of drug-likeness (QED) is 0.879. The van der Waals surface area contributed by atoms with Gasteiger partial charge in [-0.25, -0.2) is 0 Å². The van der Waals surface area contributed by atoms with Crippen molar-refractivity contribution < 1.29 is 4.74 Å². The van der Waals surface area contributed by atoms with Gasteiger partial charge in [0.15, 0.2) is 0 Å². The molecule has 0 spiro atoms. The molecule has 2 atom stereocenters. The van der Waals surface area contributed by atoms with E-state index in [9.17, 15) is 0 Å². The third-order valence-corrected chi connectivity index (χ3v) is 5.64. The van der Waals surface area contributed by atoms with Gasteiger partial charge < -0.3 is 10.5 Å². The third kappa shape index (κ3) is 4.15. The highest BCUT2D eigenvalue weighted by atomic mass is 32.2. The molecular weight excluding hydrogens is 254 g/mol. The number of methoxy groups -OCH3 is 1. The Balaban J connectivity index is 2.09. The SMILES string of the molecule is COc1cccc(C(SC2CCCCC2)C(C)N)c1. The van der Waals surface area contributed by atoms with Crippen molar-refractivity contribution in [1.82, 2.24) is 0 Å². The number of benzene rings is 1. The minimum Gasteiger partial charge on any atom is -0.497 e. The minimum atomic E-state index is 0.166. The molecule has 2 nitrogen and oxygen atoms in total. The summed E-state index contributed by atoms with van der Waals surface area (Å²) >= 11 is 2.07. The Labute approximate surface area is 121 Å². The molecule has 1 fully saturated rings. The highest BCUT2D eigenvalue weighted by Crippen LogP contribution is 2.40. The molecule has 0 radical (unpaired) electrons. The Morgan fingerprint density at radius 1 is 1.26 bits per heavy atom. The summed E-state index contributed by atoms with van der Waals surface area (Å²) in [4.78, 5) is 0. The van der Waals surface area contributed by atoms with Crippen molar-refractivity contribution >= 4 is 11.8 Å². The van der Waals surface area contributed by atoms with Crippen molar-refractivity contribution in [1.29, 1.82) is 0 Å². The van der Waals surface area contributed by atoms with Crippen molar-refractivity contribution in [2.24, 2.45) is 5.73 Å². The van der Waals surface area contributed by atoms with Crippen molar-refractivity contribution in [2.75, 3.05) is 7.11 Å². The lowest BCUT2D eigenvalue weighted by Crippen LogP contribution is -2.25. The van der Waals surface area contributed by atoms with E-state index in [1.165, 1.54) is 37.7 Å². The van der Waals surface area contributed by atoms with Crippen LogP contribution in [0.1, 0.15) is 49.8 Å². The second kappa shape index (κ2) is 7.20. The van der Waals surface area contributed by atoms with Crippen molar-refractivity contribution in [3.8, 4) is 5.75 Å². The van der Waals surface area contributed by atoms with Crippen LogP contribution in [0.4, 0.5) is 0 Å². The number of ether oxygens (including phenoxy) is 1. The molecule has 1 aliphatic carbocycles. The van der Waals surface area contributed by atoms with E-state index in [0.29, 0.717) is 5.25 Å². The van der Waals surface area contributed by atoms with E-state index < -0.39 is 0 Å². The van der Waals surface area contributed by atoms with Gasteiger partial charge in [0.1, 0.15) is 5.75 Å². The number of thioether (sulfide) groups is 1. The van der Waals surface area contributed by atoms with Gasteiger partial charge in [0.05, 0.1) is 7.11 Å². The molecule has 1 saturated carbocycles. The number of hydrogen-bond acceptors (Lipinski definition) is 3. The van der Waals surface area contributed by atoms with Crippen LogP contribution >= 0.6 is 11.8 Å².